The number of hydrogen-bond donors (Lipinski definition) is 3. The van der Waals surface area contributed by atoms with E-state index in [2.05, 4.69) is 4.98 Å². The molecule has 1 saturated heterocycles. The van der Waals surface area contributed by atoms with Crippen LogP contribution in [0, 0.1) is 0 Å². The molecule has 0 saturated carbocycles. The molecule has 1 aromatic rings. The van der Waals surface area contributed by atoms with Crippen molar-refractivity contribution < 1.29 is 28.2 Å². The molecule has 1 aliphatic heterocycles. The minimum atomic E-state index is -3.19. The number of carbonyl (C=O) groups excluding carboxylic acids is 1. The first-order valence-corrected chi connectivity index (χ1v) is 8.27. The summed E-state index contributed by atoms with van der Waals surface area (Å²) >= 11 is 0. The molecule has 0 aromatic carbocycles. The fraction of sp³-hybridized carbons (Fsp3) is 0.636. The zero-order chi connectivity index (χ0) is 15.8. The molecular formula is C11H17N3O6S. The van der Waals surface area contributed by atoms with Gasteiger partial charge in [0.1, 0.15) is 27.7 Å². The van der Waals surface area contributed by atoms with Crippen molar-refractivity contribution in [1.82, 2.24) is 9.55 Å². The summed E-state index contributed by atoms with van der Waals surface area (Å²) in [4.78, 5) is 14.7. The van der Waals surface area contributed by atoms with Crippen LogP contribution >= 0.6 is 0 Å². The third kappa shape index (κ3) is 3.59. The van der Waals surface area contributed by atoms with Crippen LogP contribution in [0.15, 0.2) is 12.5 Å². The summed E-state index contributed by atoms with van der Waals surface area (Å²) in [5, 5.41) is 19.9. The van der Waals surface area contributed by atoms with E-state index in [-0.39, 0.29) is 17.9 Å². The topological polar surface area (TPSA) is 145 Å². The predicted molar refractivity (Wildman–Crippen MR) is 71.0 cm³/mol. The van der Waals surface area contributed by atoms with Gasteiger partial charge in [-0.1, -0.05) is 0 Å². The molecule has 1 aromatic heterocycles. The number of ether oxygens (including phenoxy) is 1. The summed E-state index contributed by atoms with van der Waals surface area (Å²) in [5.74, 6) is -0.889. The van der Waals surface area contributed by atoms with E-state index in [1.807, 2.05) is 0 Å². The largest absolute Gasteiger partial charge is 0.388 e. The first-order chi connectivity index (χ1) is 9.69. The quantitative estimate of drug-likeness (QED) is 0.571. The van der Waals surface area contributed by atoms with Crippen molar-refractivity contribution in [3.05, 3.63) is 18.2 Å². The van der Waals surface area contributed by atoms with Crippen LogP contribution in [0.25, 0.3) is 0 Å². The normalized spacial score (nSPS) is 29.7. The van der Waals surface area contributed by atoms with Crippen molar-refractivity contribution in [2.24, 2.45) is 5.73 Å². The lowest BCUT2D eigenvalue weighted by Crippen LogP contribution is -2.32. The van der Waals surface area contributed by atoms with Crippen LogP contribution in [0.1, 0.15) is 23.1 Å². The maximum atomic E-state index is 11.1. The Labute approximate surface area is 121 Å². The maximum Gasteiger partial charge on any atom is 0.268 e. The molecular weight excluding hydrogens is 302 g/mol. The Hall–Kier alpha value is -1.49. The molecule has 4 unspecified atom stereocenters. The average molecular weight is 319 g/mol. The van der Waals surface area contributed by atoms with Gasteiger partial charge in [-0.2, -0.15) is 0 Å². The second kappa shape index (κ2) is 5.72. The number of aliphatic hydroxyl groups excluding tert-OH is 2. The summed E-state index contributed by atoms with van der Waals surface area (Å²) in [6, 6.07) is 0. The van der Waals surface area contributed by atoms with Gasteiger partial charge >= 0.3 is 0 Å². The van der Waals surface area contributed by atoms with Crippen LogP contribution < -0.4 is 5.73 Å². The fourth-order valence-corrected chi connectivity index (χ4v) is 2.81. The van der Waals surface area contributed by atoms with Crippen LogP contribution in [-0.2, 0) is 14.6 Å². The molecule has 0 aliphatic carbocycles. The molecule has 2 rings (SSSR count). The molecule has 10 heteroatoms. The molecule has 4 N–H and O–H groups in total. The van der Waals surface area contributed by atoms with Crippen molar-refractivity contribution in [1.29, 1.82) is 0 Å². The molecule has 1 fully saturated rings. The number of carbonyl (C=O) groups is 1. The lowest BCUT2D eigenvalue weighted by Gasteiger charge is -2.15. The van der Waals surface area contributed by atoms with E-state index in [0.29, 0.717) is 0 Å². The molecule has 1 amide bonds. The zero-order valence-corrected chi connectivity index (χ0v) is 12.1. The van der Waals surface area contributed by atoms with E-state index in [1.165, 1.54) is 17.1 Å². The Morgan fingerprint density at radius 2 is 2.14 bits per heavy atom. The highest BCUT2D eigenvalue weighted by atomic mass is 32.2. The van der Waals surface area contributed by atoms with Gasteiger partial charge in [0.25, 0.3) is 5.91 Å². The smallest absolute Gasteiger partial charge is 0.268 e. The first kappa shape index (κ1) is 15.9. The molecule has 9 nitrogen and oxygen atoms in total. The number of nitrogens with zero attached hydrogens (tertiary/aromatic N) is 2. The van der Waals surface area contributed by atoms with Gasteiger partial charge in [0.2, 0.25) is 0 Å². The number of nitrogens with two attached hydrogens (primary N) is 1. The van der Waals surface area contributed by atoms with Gasteiger partial charge in [0, 0.05) is 12.5 Å². The van der Waals surface area contributed by atoms with Crippen molar-refractivity contribution in [3.8, 4) is 0 Å². The van der Waals surface area contributed by atoms with E-state index >= 15 is 0 Å². The lowest BCUT2D eigenvalue weighted by molar-refractivity contribution is -0.0375. The van der Waals surface area contributed by atoms with Gasteiger partial charge in [0.05, 0.1) is 18.2 Å². The predicted octanol–water partition coefficient (Wildman–Crippen LogP) is -1.96. The SMILES string of the molecule is CS(=O)(=O)CCC1OC(n2cnc(C(N)=O)c2)C(O)C1O. The monoisotopic (exact) mass is 319 g/mol. The summed E-state index contributed by atoms with van der Waals surface area (Å²) in [5.41, 5.74) is 5.08. The highest BCUT2D eigenvalue weighted by Gasteiger charge is 2.43. The molecule has 21 heavy (non-hydrogen) atoms. The van der Waals surface area contributed by atoms with Gasteiger partial charge in [-0.25, -0.2) is 13.4 Å². The van der Waals surface area contributed by atoms with Gasteiger partial charge in [-0.3, -0.25) is 4.79 Å². The Morgan fingerprint density at radius 1 is 1.48 bits per heavy atom. The Bertz CT molecular complexity index is 628. The Morgan fingerprint density at radius 3 is 2.67 bits per heavy atom. The van der Waals surface area contributed by atoms with E-state index in [9.17, 15) is 23.4 Å². The van der Waals surface area contributed by atoms with Crippen molar-refractivity contribution in [2.45, 2.75) is 31.0 Å². The first-order valence-electron chi connectivity index (χ1n) is 6.21. The fourth-order valence-electron chi connectivity index (χ4n) is 2.15. The number of imidazole rings is 1. The number of primary amides is 1. The van der Waals surface area contributed by atoms with Crippen LogP contribution in [-0.4, -0.2) is 64.4 Å². The molecule has 2 heterocycles. The van der Waals surface area contributed by atoms with E-state index < -0.39 is 40.3 Å². The number of aromatic nitrogens is 2. The number of amides is 1. The number of aliphatic hydroxyl groups is 2. The maximum absolute atomic E-state index is 11.1. The Balaban J connectivity index is 2.10. The lowest BCUT2D eigenvalue weighted by atomic mass is 10.1. The van der Waals surface area contributed by atoms with Crippen LogP contribution in [0.3, 0.4) is 0 Å². The average Bonchev–Trinajstić information content (AvgIpc) is 2.94. The Kier molecular flexibility index (Phi) is 4.33. The third-order valence-corrected chi connectivity index (χ3v) is 4.24. The molecule has 0 bridgehead atoms. The van der Waals surface area contributed by atoms with Crippen molar-refractivity contribution in [2.75, 3.05) is 12.0 Å². The summed E-state index contributed by atoms with van der Waals surface area (Å²) in [6.45, 7) is 0. The number of hydrogen-bond acceptors (Lipinski definition) is 7. The van der Waals surface area contributed by atoms with Gasteiger partial charge < -0.3 is 25.3 Å². The third-order valence-electron chi connectivity index (χ3n) is 3.26. The summed E-state index contributed by atoms with van der Waals surface area (Å²) < 4.78 is 29.1. The van der Waals surface area contributed by atoms with Crippen molar-refractivity contribution >= 4 is 15.7 Å². The van der Waals surface area contributed by atoms with Crippen molar-refractivity contribution in [3.63, 3.8) is 0 Å². The summed E-state index contributed by atoms with van der Waals surface area (Å²) in [6.07, 6.45) is -0.575. The summed E-state index contributed by atoms with van der Waals surface area (Å²) in [7, 11) is -3.19. The second-order valence-electron chi connectivity index (χ2n) is 5.04. The molecule has 4 atom stereocenters. The zero-order valence-electron chi connectivity index (χ0n) is 11.3. The standard InChI is InChI=1S/C11H17N3O6S/c1-21(18,19)3-2-7-8(15)9(16)11(20-7)14-4-6(10(12)17)13-5-14/h4-5,7-9,11,15-16H,2-3H2,1H3,(H2,12,17). The van der Waals surface area contributed by atoms with E-state index in [4.69, 9.17) is 10.5 Å². The highest BCUT2D eigenvalue weighted by molar-refractivity contribution is 7.90. The minimum absolute atomic E-state index is 0.000115. The minimum Gasteiger partial charge on any atom is -0.388 e. The van der Waals surface area contributed by atoms with Crippen LogP contribution in [0.4, 0.5) is 0 Å². The molecule has 1 aliphatic rings. The van der Waals surface area contributed by atoms with Gasteiger partial charge in [0.15, 0.2) is 6.23 Å². The van der Waals surface area contributed by atoms with E-state index in [1.54, 1.807) is 0 Å². The number of rotatable bonds is 5. The second-order valence-corrected chi connectivity index (χ2v) is 7.29. The van der Waals surface area contributed by atoms with Crippen LogP contribution in [0.2, 0.25) is 0 Å². The van der Waals surface area contributed by atoms with Gasteiger partial charge in [-0.15, -0.1) is 0 Å². The highest BCUT2D eigenvalue weighted by Crippen LogP contribution is 2.31. The van der Waals surface area contributed by atoms with E-state index in [0.717, 1.165) is 6.26 Å². The number of sulfone groups is 1. The molecule has 0 spiro atoms. The van der Waals surface area contributed by atoms with Gasteiger partial charge in [-0.05, 0) is 6.42 Å². The van der Waals surface area contributed by atoms with Crippen LogP contribution in [0.5, 0.6) is 0 Å². The molecule has 0 radical (unpaired) electrons. The molecule has 118 valence electrons.